The summed E-state index contributed by atoms with van der Waals surface area (Å²) >= 11 is 2.71. The van der Waals surface area contributed by atoms with Gasteiger partial charge in [-0.25, -0.2) is 8.78 Å². The number of carbonyl (C=O) groups excluding carboxylic acids is 2. The van der Waals surface area contributed by atoms with Gasteiger partial charge in [-0.3, -0.25) is 9.59 Å². The highest BCUT2D eigenvalue weighted by atomic mass is 32.1. The van der Waals surface area contributed by atoms with Crippen molar-refractivity contribution in [2.24, 2.45) is 0 Å². The summed E-state index contributed by atoms with van der Waals surface area (Å²) in [6, 6.07) is 7.99. The summed E-state index contributed by atoms with van der Waals surface area (Å²) in [6.45, 7) is -0.228. The van der Waals surface area contributed by atoms with Gasteiger partial charge in [0.15, 0.2) is 11.6 Å². The fourth-order valence-corrected chi connectivity index (χ4v) is 3.97. The highest BCUT2D eigenvalue weighted by Gasteiger charge is 2.34. The van der Waals surface area contributed by atoms with Gasteiger partial charge < -0.3 is 15.7 Å². The van der Waals surface area contributed by atoms with Gasteiger partial charge in [-0.05, 0) is 40.4 Å². The van der Waals surface area contributed by atoms with Crippen molar-refractivity contribution in [3.05, 3.63) is 74.6 Å². The van der Waals surface area contributed by atoms with Crippen molar-refractivity contribution in [1.29, 1.82) is 0 Å². The molecule has 1 aromatic carbocycles. The first kappa shape index (κ1) is 19.2. The lowest BCUT2D eigenvalue weighted by Gasteiger charge is -2.26. The second-order valence-electron chi connectivity index (χ2n) is 5.62. The highest BCUT2D eigenvalue weighted by molar-refractivity contribution is 7.10. The maximum Gasteiger partial charge on any atom is 0.313 e. The summed E-state index contributed by atoms with van der Waals surface area (Å²) in [7, 11) is 0. The Hall–Kier alpha value is -2.62. The Labute approximate surface area is 161 Å². The van der Waals surface area contributed by atoms with E-state index in [0.29, 0.717) is 10.4 Å². The minimum Gasteiger partial charge on any atom is -0.378 e. The second kappa shape index (κ2) is 7.95. The fourth-order valence-electron chi connectivity index (χ4n) is 2.40. The number of amides is 2. The predicted octanol–water partition coefficient (Wildman–Crippen LogP) is 3.08. The molecule has 0 fully saturated rings. The molecule has 0 aliphatic heterocycles. The van der Waals surface area contributed by atoms with Crippen molar-refractivity contribution in [1.82, 2.24) is 5.32 Å². The number of anilines is 1. The first-order valence-corrected chi connectivity index (χ1v) is 9.55. The first-order chi connectivity index (χ1) is 12.9. The molecule has 3 N–H and O–H groups in total. The Morgan fingerprint density at radius 1 is 1.07 bits per heavy atom. The number of nitrogens with one attached hydrogen (secondary N) is 2. The van der Waals surface area contributed by atoms with Crippen LogP contribution in [0.25, 0.3) is 0 Å². The number of aliphatic hydroxyl groups is 1. The molecular weight excluding hydrogens is 394 g/mol. The molecule has 140 valence electrons. The number of rotatable bonds is 5. The average Bonchev–Trinajstić information content (AvgIpc) is 3.36. The third-order valence-electron chi connectivity index (χ3n) is 3.82. The van der Waals surface area contributed by atoms with Gasteiger partial charge in [-0.15, -0.1) is 11.3 Å². The molecule has 0 aliphatic carbocycles. The van der Waals surface area contributed by atoms with Crippen LogP contribution in [-0.2, 0) is 15.2 Å². The molecule has 1 unspecified atom stereocenters. The van der Waals surface area contributed by atoms with Gasteiger partial charge in [-0.1, -0.05) is 6.07 Å². The smallest absolute Gasteiger partial charge is 0.313 e. The Bertz CT molecular complexity index is 909. The molecule has 3 aromatic rings. The predicted molar refractivity (Wildman–Crippen MR) is 99.6 cm³/mol. The molecule has 2 heterocycles. The van der Waals surface area contributed by atoms with Crippen molar-refractivity contribution in [3.8, 4) is 0 Å². The van der Waals surface area contributed by atoms with Crippen molar-refractivity contribution in [2.45, 2.75) is 5.60 Å². The van der Waals surface area contributed by atoms with Crippen molar-refractivity contribution >= 4 is 40.2 Å². The van der Waals surface area contributed by atoms with E-state index in [2.05, 4.69) is 10.6 Å². The van der Waals surface area contributed by atoms with E-state index in [9.17, 15) is 23.5 Å². The Morgan fingerprint density at radius 3 is 2.52 bits per heavy atom. The van der Waals surface area contributed by atoms with Gasteiger partial charge in [0, 0.05) is 22.2 Å². The number of halogens is 2. The van der Waals surface area contributed by atoms with Crippen LogP contribution < -0.4 is 10.6 Å². The lowest BCUT2D eigenvalue weighted by molar-refractivity contribution is -0.136. The monoisotopic (exact) mass is 408 g/mol. The first-order valence-electron chi connectivity index (χ1n) is 7.73. The lowest BCUT2D eigenvalue weighted by atomic mass is 9.94. The van der Waals surface area contributed by atoms with Gasteiger partial charge in [0.1, 0.15) is 5.60 Å². The van der Waals surface area contributed by atoms with Crippen LogP contribution >= 0.6 is 22.7 Å². The zero-order valence-electron chi connectivity index (χ0n) is 13.7. The Morgan fingerprint density at radius 2 is 1.89 bits per heavy atom. The van der Waals surface area contributed by atoms with Gasteiger partial charge in [0.05, 0.1) is 6.54 Å². The average molecular weight is 408 g/mol. The zero-order valence-corrected chi connectivity index (χ0v) is 15.4. The standard InChI is InChI=1S/C18H14F2N2O3S2/c19-13-4-3-12(8-14(13)20)22-17(24)16(23)21-10-18(25,11-5-7-26-9-11)15-2-1-6-27-15/h1-9,25H,10H2,(H,21,23)(H,22,24). The molecule has 0 radical (unpaired) electrons. The number of hydrogen-bond acceptors (Lipinski definition) is 5. The fraction of sp³-hybridized carbons (Fsp3) is 0.111. The van der Waals surface area contributed by atoms with Crippen molar-refractivity contribution in [3.63, 3.8) is 0 Å². The van der Waals surface area contributed by atoms with Gasteiger partial charge >= 0.3 is 11.8 Å². The van der Waals surface area contributed by atoms with Crippen LogP contribution in [0.1, 0.15) is 10.4 Å². The quantitative estimate of drug-likeness (QED) is 0.568. The number of benzene rings is 1. The van der Waals surface area contributed by atoms with E-state index in [1.807, 2.05) is 0 Å². The molecule has 2 aromatic heterocycles. The summed E-state index contributed by atoms with van der Waals surface area (Å²) < 4.78 is 26.1. The number of carbonyl (C=O) groups is 2. The topological polar surface area (TPSA) is 78.4 Å². The molecule has 0 saturated heterocycles. The molecule has 0 saturated carbocycles. The summed E-state index contributed by atoms with van der Waals surface area (Å²) in [6.07, 6.45) is 0. The van der Waals surface area contributed by atoms with E-state index in [0.717, 1.165) is 18.2 Å². The molecule has 0 bridgehead atoms. The van der Waals surface area contributed by atoms with Gasteiger partial charge in [0.25, 0.3) is 0 Å². The Balaban J connectivity index is 1.69. The van der Waals surface area contributed by atoms with Crippen LogP contribution in [0.15, 0.2) is 52.5 Å². The van der Waals surface area contributed by atoms with Gasteiger partial charge in [-0.2, -0.15) is 11.3 Å². The normalized spacial score (nSPS) is 13.0. The van der Waals surface area contributed by atoms with Crippen LogP contribution in [0.4, 0.5) is 14.5 Å². The zero-order chi connectivity index (χ0) is 19.4. The van der Waals surface area contributed by atoms with E-state index in [4.69, 9.17) is 0 Å². The maximum atomic E-state index is 13.2. The number of hydrogen-bond donors (Lipinski definition) is 3. The molecular formula is C18H14F2N2O3S2. The van der Waals surface area contributed by atoms with Crippen LogP contribution in [0, 0.1) is 11.6 Å². The van der Waals surface area contributed by atoms with E-state index in [1.165, 1.54) is 22.7 Å². The summed E-state index contributed by atoms with van der Waals surface area (Å²) in [5.74, 6) is -4.27. The molecule has 0 spiro atoms. The second-order valence-corrected chi connectivity index (χ2v) is 7.34. The Kier molecular flexibility index (Phi) is 5.64. The molecule has 0 aliphatic rings. The van der Waals surface area contributed by atoms with Crippen molar-refractivity contribution in [2.75, 3.05) is 11.9 Å². The number of thiophene rings is 2. The largest absolute Gasteiger partial charge is 0.378 e. The molecule has 5 nitrogen and oxygen atoms in total. The summed E-state index contributed by atoms with van der Waals surface area (Å²) in [5, 5.41) is 21.0. The lowest BCUT2D eigenvalue weighted by Crippen LogP contribution is -2.44. The SMILES string of the molecule is O=C(NCC(O)(c1ccsc1)c1cccs1)C(=O)Nc1ccc(F)c(F)c1. The third-order valence-corrected chi connectivity index (χ3v) is 5.52. The van der Waals surface area contributed by atoms with Crippen LogP contribution in [-0.4, -0.2) is 23.5 Å². The minimum absolute atomic E-state index is 0.0552. The van der Waals surface area contributed by atoms with E-state index < -0.39 is 29.0 Å². The highest BCUT2D eigenvalue weighted by Crippen LogP contribution is 2.33. The third kappa shape index (κ3) is 4.21. The van der Waals surface area contributed by atoms with E-state index >= 15 is 0 Å². The molecule has 1 atom stereocenters. The summed E-state index contributed by atoms with van der Waals surface area (Å²) in [4.78, 5) is 24.7. The van der Waals surface area contributed by atoms with Crippen molar-refractivity contribution < 1.29 is 23.5 Å². The molecule has 2 amide bonds. The van der Waals surface area contributed by atoms with E-state index in [-0.39, 0.29) is 12.2 Å². The summed E-state index contributed by atoms with van der Waals surface area (Å²) in [5.41, 5.74) is -0.941. The van der Waals surface area contributed by atoms with E-state index in [1.54, 1.807) is 34.3 Å². The van der Waals surface area contributed by atoms with Crippen LogP contribution in [0.3, 0.4) is 0 Å². The molecule has 27 heavy (non-hydrogen) atoms. The van der Waals surface area contributed by atoms with Gasteiger partial charge in [0.2, 0.25) is 0 Å². The minimum atomic E-state index is -1.48. The van der Waals surface area contributed by atoms with Crippen LogP contribution in [0.2, 0.25) is 0 Å². The molecule has 3 rings (SSSR count). The van der Waals surface area contributed by atoms with Crippen LogP contribution in [0.5, 0.6) is 0 Å². The molecule has 9 heteroatoms. The maximum absolute atomic E-state index is 13.2.